The van der Waals surface area contributed by atoms with E-state index in [0.29, 0.717) is 32.2 Å². The van der Waals surface area contributed by atoms with Gasteiger partial charge in [0.25, 0.3) is 0 Å². The van der Waals surface area contributed by atoms with Crippen LogP contribution in [-0.2, 0) is 25.6 Å². The predicted molar refractivity (Wildman–Crippen MR) is 129 cm³/mol. The molecule has 0 radical (unpaired) electrons. The lowest BCUT2D eigenvalue weighted by Crippen LogP contribution is -2.58. The number of carboxylic acids is 1. The van der Waals surface area contributed by atoms with E-state index in [2.05, 4.69) is 10.6 Å². The molecule has 1 aromatic carbocycles. The predicted octanol–water partition coefficient (Wildman–Crippen LogP) is 1.30. The Morgan fingerprint density at radius 3 is 2.29 bits per heavy atom. The Balaban J connectivity index is 2.12. The van der Waals surface area contributed by atoms with E-state index in [-0.39, 0.29) is 17.7 Å². The minimum absolute atomic E-state index is 0.174. The van der Waals surface area contributed by atoms with Gasteiger partial charge in [-0.05, 0) is 36.7 Å². The molecule has 1 fully saturated rings. The zero-order valence-corrected chi connectivity index (χ0v) is 20.5. The second-order valence-electron chi connectivity index (χ2n) is 9.43. The molecule has 1 saturated heterocycles. The van der Waals surface area contributed by atoms with Gasteiger partial charge < -0.3 is 26.4 Å². The third-order valence-electron chi connectivity index (χ3n) is 6.48. The number of benzene rings is 1. The van der Waals surface area contributed by atoms with Crippen molar-refractivity contribution in [1.82, 2.24) is 15.5 Å². The number of nitrogens with one attached hydrogen (secondary N) is 2. The lowest BCUT2D eigenvalue weighted by Gasteiger charge is -2.32. The van der Waals surface area contributed by atoms with Crippen LogP contribution >= 0.6 is 0 Å². The van der Waals surface area contributed by atoms with E-state index < -0.39 is 42.0 Å². The number of nitrogens with two attached hydrogens (primary N) is 1. The smallest absolute Gasteiger partial charge is 0.326 e. The number of amides is 3. The fourth-order valence-corrected chi connectivity index (χ4v) is 4.15. The third-order valence-corrected chi connectivity index (χ3v) is 6.48. The largest absolute Gasteiger partial charge is 0.480 e. The first-order valence-electron chi connectivity index (χ1n) is 12.0. The molecule has 1 aliphatic rings. The van der Waals surface area contributed by atoms with E-state index >= 15 is 0 Å². The Kier molecular flexibility index (Phi) is 10.0. The fourth-order valence-electron chi connectivity index (χ4n) is 4.15. The second kappa shape index (κ2) is 12.5. The lowest BCUT2D eigenvalue weighted by molar-refractivity contribution is -0.146. The number of carbonyl (C=O) groups is 4. The highest BCUT2D eigenvalue weighted by Crippen LogP contribution is 2.22. The zero-order valence-electron chi connectivity index (χ0n) is 20.5. The number of carbonyl (C=O) groups excluding carboxylic acids is 3. The van der Waals surface area contributed by atoms with Gasteiger partial charge in [-0.15, -0.1) is 0 Å². The van der Waals surface area contributed by atoms with Crippen molar-refractivity contribution in [2.24, 2.45) is 17.6 Å². The van der Waals surface area contributed by atoms with E-state index in [0.717, 1.165) is 5.56 Å². The first-order chi connectivity index (χ1) is 16.1. The van der Waals surface area contributed by atoms with Crippen molar-refractivity contribution >= 4 is 23.7 Å². The summed E-state index contributed by atoms with van der Waals surface area (Å²) >= 11 is 0. The summed E-state index contributed by atoms with van der Waals surface area (Å²) in [5.41, 5.74) is 7.05. The molecule has 0 saturated carbocycles. The summed E-state index contributed by atoms with van der Waals surface area (Å²) in [4.78, 5) is 52.2. The number of carboxylic acid groups (broad SMARTS) is 1. The van der Waals surface area contributed by atoms with Gasteiger partial charge in [0.1, 0.15) is 18.1 Å². The standard InChI is InChI=1S/C25H38N4O5/c1-5-16(4)21(28-22(30)18(26)14-17-10-7-6-8-11-17)24(32)29-13-9-12-19(29)23(31)27-20(15(2)3)25(33)34/h6-8,10-11,15-16,18-21H,5,9,12-14,26H2,1-4H3,(H,27,31)(H,28,30)(H,33,34). The Bertz CT molecular complexity index is 860. The highest BCUT2D eigenvalue weighted by Gasteiger charge is 2.40. The molecule has 1 aliphatic heterocycles. The van der Waals surface area contributed by atoms with Gasteiger partial charge in [-0.3, -0.25) is 14.4 Å². The second-order valence-corrected chi connectivity index (χ2v) is 9.43. The van der Waals surface area contributed by atoms with Crippen LogP contribution in [0, 0.1) is 11.8 Å². The molecule has 0 aromatic heterocycles. The minimum Gasteiger partial charge on any atom is -0.480 e. The first kappa shape index (κ1) is 27.3. The minimum atomic E-state index is -1.11. The SMILES string of the molecule is CCC(C)C(NC(=O)C(N)Cc1ccccc1)C(=O)N1CCCC1C(=O)NC(C(=O)O)C(C)C. The summed E-state index contributed by atoms with van der Waals surface area (Å²) < 4.78 is 0. The Hall–Kier alpha value is -2.94. The maximum Gasteiger partial charge on any atom is 0.326 e. The number of rotatable bonds is 11. The van der Waals surface area contributed by atoms with Crippen molar-refractivity contribution in [2.75, 3.05) is 6.54 Å². The maximum absolute atomic E-state index is 13.5. The van der Waals surface area contributed by atoms with Crippen molar-refractivity contribution in [3.8, 4) is 0 Å². The molecule has 34 heavy (non-hydrogen) atoms. The van der Waals surface area contributed by atoms with Gasteiger partial charge in [-0.1, -0.05) is 64.4 Å². The average molecular weight is 475 g/mol. The summed E-state index contributed by atoms with van der Waals surface area (Å²) in [5.74, 6) is -2.84. The third kappa shape index (κ3) is 7.03. The molecule has 0 aliphatic carbocycles. The van der Waals surface area contributed by atoms with Crippen LogP contribution in [0.5, 0.6) is 0 Å². The molecule has 9 heteroatoms. The molecule has 5 N–H and O–H groups in total. The molecule has 3 amide bonds. The molecular weight excluding hydrogens is 436 g/mol. The van der Waals surface area contributed by atoms with Gasteiger partial charge >= 0.3 is 5.97 Å². The Morgan fingerprint density at radius 2 is 1.74 bits per heavy atom. The van der Waals surface area contributed by atoms with Crippen LogP contribution in [0.2, 0.25) is 0 Å². The molecule has 2 rings (SSSR count). The van der Waals surface area contributed by atoms with Crippen LogP contribution < -0.4 is 16.4 Å². The molecule has 5 atom stereocenters. The summed E-state index contributed by atoms with van der Waals surface area (Å²) in [6.45, 7) is 7.59. The quantitative estimate of drug-likeness (QED) is 0.381. The van der Waals surface area contributed by atoms with Gasteiger partial charge in [-0.2, -0.15) is 0 Å². The summed E-state index contributed by atoms with van der Waals surface area (Å²) in [6.07, 6.45) is 2.05. The van der Waals surface area contributed by atoms with Crippen LogP contribution in [0.25, 0.3) is 0 Å². The molecule has 0 spiro atoms. The van der Waals surface area contributed by atoms with E-state index in [1.807, 2.05) is 44.2 Å². The Morgan fingerprint density at radius 1 is 1.09 bits per heavy atom. The van der Waals surface area contributed by atoms with E-state index in [4.69, 9.17) is 5.73 Å². The highest BCUT2D eigenvalue weighted by molar-refractivity contribution is 5.94. The van der Waals surface area contributed by atoms with Crippen molar-refractivity contribution < 1.29 is 24.3 Å². The summed E-state index contributed by atoms with van der Waals surface area (Å²) in [5, 5.41) is 14.8. The number of hydrogen-bond acceptors (Lipinski definition) is 5. The molecule has 1 aromatic rings. The van der Waals surface area contributed by atoms with Crippen molar-refractivity contribution in [1.29, 1.82) is 0 Å². The fraction of sp³-hybridized carbons (Fsp3) is 0.600. The number of hydrogen-bond donors (Lipinski definition) is 4. The monoisotopic (exact) mass is 474 g/mol. The van der Waals surface area contributed by atoms with Gasteiger partial charge in [-0.25, -0.2) is 4.79 Å². The van der Waals surface area contributed by atoms with Crippen molar-refractivity contribution in [2.45, 2.75) is 77.5 Å². The Labute approximate surface area is 201 Å². The van der Waals surface area contributed by atoms with Crippen LogP contribution in [0.4, 0.5) is 0 Å². The van der Waals surface area contributed by atoms with Crippen molar-refractivity contribution in [3.63, 3.8) is 0 Å². The van der Waals surface area contributed by atoms with Gasteiger partial charge in [0.2, 0.25) is 17.7 Å². The zero-order chi connectivity index (χ0) is 25.4. The molecule has 5 unspecified atom stereocenters. The van der Waals surface area contributed by atoms with Gasteiger partial charge in [0, 0.05) is 6.54 Å². The van der Waals surface area contributed by atoms with E-state index in [1.54, 1.807) is 13.8 Å². The molecular formula is C25H38N4O5. The van der Waals surface area contributed by atoms with Crippen LogP contribution in [-0.4, -0.2) is 64.4 Å². The van der Waals surface area contributed by atoms with Gasteiger partial charge in [0.15, 0.2) is 0 Å². The van der Waals surface area contributed by atoms with Crippen molar-refractivity contribution in [3.05, 3.63) is 35.9 Å². The van der Waals surface area contributed by atoms with E-state index in [1.165, 1.54) is 4.90 Å². The highest BCUT2D eigenvalue weighted by atomic mass is 16.4. The van der Waals surface area contributed by atoms with Crippen LogP contribution in [0.15, 0.2) is 30.3 Å². The topological polar surface area (TPSA) is 142 Å². The first-order valence-corrected chi connectivity index (χ1v) is 12.0. The van der Waals surface area contributed by atoms with Crippen LogP contribution in [0.3, 0.4) is 0 Å². The average Bonchev–Trinajstić information content (AvgIpc) is 3.30. The van der Waals surface area contributed by atoms with Crippen LogP contribution in [0.1, 0.15) is 52.5 Å². The molecule has 0 bridgehead atoms. The van der Waals surface area contributed by atoms with E-state index in [9.17, 15) is 24.3 Å². The molecule has 188 valence electrons. The summed E-state index contributed by atoms with van der Waals surface area (Å²) in [6, 6.07) is 5.96. The number of nitrogens with zero attached hydrogens (tertiary/aromatic N) is 1. The van der Waals surface area contributed by atoms with Gasteiger partial charge in [0.05, 0.1) is 6.04 Å². The summed E-state index contributed by atoms with van der Waals surface area (Å²) in [7, 11) is 0. The molecule has 1 heterocycles. The number of likely N-dealkylation sites (tertiary alicyclic amines) is 1. The normalized spacial score (nSPS) is 19.2. The maximum atomic E-state index is 13.5. The number of aliphatic carboxylic acids is 1. The molecule has 9 nitrogen and oxygen atoms in total. The lowest BCUT2D eigenvalue weighted by atomic mass is 9.96.